The molecule has 0 aliphatic rings. The van der Waals surface area contributed by atoms with E-state index in [-0.39, 0.29) is 5.56 Å². The maximum absolute atomic E-state index is 11.0. The summed E-state index contributed by atoms with van der Waals surface area (Å²) in [4.78, 5) is 22.0. The molecule has 0 unspecified atom stereocenters. The summed E-state index contributed by atoms with van der Waals surface area (Å²) in [5.41, 5.74) is 1.33. The standard InChI is InChI=1S/C9H6N6O2/c16-9(17)4-1-2-10-8-6(4)12-7(13-8)5-3-11-15-14-5/h1-3H,(H,16,17)(H,10,12,13)(H,11,14,15). The van der Waals surface area contributed by atoms with Gasteiger partial charge < -0.3 is 10.1 Å². The van der Waals surface area contributed by atoms with Gasteiger partial charge in [0, 0.05) is 6.20 Å². The molecule has 84 valence electrons. The van der Waals surface area contributed by atoms with Crippen LogP contribution in [-0.2, 0) is 0 Å². The Hall–Kier alpha value is -2.77. The molecule has 8 heteroatoms. The molecule has 0 saturated carbocycles. The Morgan fingerprint density at radius 1 is 1.41 bits per heavy atom. The number of hydrogen-bond acceptors (Lipinski definition) is 5. The number of nitrogens with one attached hydrogen (secondary N) is 2. The number of nitrogens with zero attached hydrogens (tertiary/aromatic N) is 4. The Morgan fingerprint density at radius 2 is 2.29 bits per heavy atom. The lowest BCUT2D eigenvalue weighted by atomic mass is 10.2. The third kappa shape index (κ3) is 1.42. The van der Waals surface area contributed by atoms with Gasteiger partial charge in [0.05, 0.1) is 17.3 Å². The first-order valence-electron chi connectivity index (χ1n) is 4.70. The van der Waals surface area contributed by atoms with E-state index in [1.807, 2.05) is 0 Å². The van der Waals surface area contributed by atoms with E-state index in [4.69, 9.17) is 5.11 Å². The van der Waals surface area contributed by atoms with E-state index in [1.54, 1.807) is 0 Å². The molecule has 0 amide bonds. The van der Waals surface area contributed by atoms with E-state index in [2.05, 4.69) is 30.4 Å². The van der Waals surface area contributed by atoms with E-state index in [0.717, 1.165) is 0 Å². The second-order valence-corrected chi connectivity index (χ2v) is 3.30. The first-order chi connectivity index (χ1) is 8.25. The SMILES string of the molecule is O=C(O)c1ccnc2nc(-c3cn[nH]n3)[nH]c12. The van der Waals surface area contributed by atoms with E-state index in [1.165, 1.54) is 18.5 Å². The lowest BCUT2D eigenvalue weighted by Crippen LogP contribution is -1.97. The Morgan fingerprint density at radius 3 is 3.00 bits per heavy atom. The van der Waals surface area contributed by atoms with Crippen molar-refractivity contribution in [2.45, 2.75) is 0 Å². The summed E-state index contributed by atoms with van der Waals surface area (Å²) in [6.07, 6.45) is 2.89. The molecule has 0 aliphatic carbocycles. The zero-order valence-corrected chi connectivity index (χ0v) is 8.38. The van der Waals surface area contributed by atoms with Gasteiger partial charge in [-0.25, -0.2) is 14.8 Å². The minimum atomic E-state index is -1.03. The van der Waals surface area contributed by atoms with E-state index < -0.39 is 5.97 Å². The van der Waals surface area contributed by atoms with Crippen LogP contribution in [0, 0.1) is 0 Å². The van der Waals surface area contributed by atoms with E-state index >= 15 is 0 Å². The number of carbonyl (C=O) groups is 1. The van der Waals surface area contributed by atoms with Crippen LogP contribution in [0.25, 0.3) is 22.7 Å². The van der Waals surface area contributed by atoms with Gasteiger partial charge >= 0.3 is 5.97 Å². The van der Waals surface area contributed by atoms with Crippen molar-refractivity contribution < 1.29 is 9.90 Å². The third-order valence-electron chi connectivity index (χ3n) is 2.28. The number of pyridine rings is 1. The molecule has 3 aromatic heterocycles. The van der Waals surface area contributed by atoms with Crippen LogP contribution in [0.15, 0.2) is 18.5 Å². The highest BCUT2D eigenvalue weighted by Crippen LogP contribution is 2.19. The van der Waals surface area contributed by atoms with Gasteiger partial charge in [-0.05, 0) is 6.07 Å². The lowest BCUT2D eigenvalue weighted by molar-refractivity contribution is 0.0699. The first-order valence-corrected chi connectivity index (χ1v) is 4.70. The fourth-order valence-electron chi connectivity index (χ4n) is 1.53. The van der Waals surface area contributed by atoms with Crippen molar-refractivity contribution in [3.63, 3.8) is 0 Å². The number of aromatic nitrogens is 6. The Labute approximate surface area is 93.7 Å². The van der Waals surface area contributed by atoms with Gasteiger partial charge in [-0.2, -0.15) is 15.4 Å². The van der Waals surface area contributed by atoms with Crippen molar-refractivity contribution in [3.8, 4) is 11.5 Å². The number of H-pyrrole nitrogens is 2. The minimum absolute atomic E-state index is 0.122. The predicted molar refractivity (Wildman–Crippen MR) is 56.2 cm³/mol. The summed E-state index contributed by atoms with van der Waals surface area (Å²) >= 11 is 0. The van der Waals surface area contributed by atoms with Gasteiger partial charge in [0.1, 0.15) is 5.69 Å². The zero-order chi connectivity index (χ0) is 11.8. The monoisotopic (exact) mass is 230 g/mol. The summed E-state index contributed by atoms with van der Waals surface area (Å²) in [6, 6.07) is 1.41. The normalized spacial score (nSPS) is 10.8. The van der Waals surface area contributed by atoms with Gasteiger partial charge in [-0.1, -0.05) is 0 Å². The molecular formula is C9H6N6O2. The largest absolute Gasteiger partial charge is 0.478 e. The van der Waals surface area contributed by atoms with Crippen molar-refractivity contribution >= 4 is 17.1 Å². The van der Waals surface area contributed by atoms with E-state index in [0.29, 0.717) is 22.7 Å². The lowest BCUT2D eigenvalue weighted by Gasteiger charge is -1.93. The fourth-order valence-corrected chi connectivity index (χ4v) is 1.53. The maximum atomic E-state index is 11.0. The van der Waals surface area contributed by atoms with Crippen molar-refractivity contribution in [2.24, 2.45) is 0 Å². The number of imidazole rings is 1. The molecule has 3 N–H and O–H groups in total. The van der Waals surface area contributed by atoms with Crippen molar-refractivity contribution in [1.29, 1.82) is 0 Å². The fraction of sp³-hybridized carbons (Fsp3) is 0. The molecule has 3 rings (SSSR count). The highest BCUT2D eigenvalue weighted by molar-refractivity contribution is 6.00. The van der Waals surface area contributed by atoms with Crippen molar-refractivity contribution in [2.75, 3.05) is 0 Å². The van der Waals surface area contributed by atoms with Crippen LogP contribution >= 0.6 is 0 Å². The Bertz CT molecular complexity index is 687. The molecular weight excluding hydrogens is 224 g/mol. The molecule has 3 aromatic rings. The number of carboxylic acids is 1. The van der Waals surface area contributed by atoms with Crippen LogP contribution in [0.2, 0.25) is 0 Å². The molecule has 3 heterocycles. The second kappa shape index (κ2) is 3.37. The van der Waals surface area contributed by atoms with Gasteiger partial charge in [0.15, 0.2) is 11.5 Å². The topological polar surface area (TPSA) is 120 Å². The average molecular weight is 230 g/mol. The Kier molecular flexibility index (Phi) is 1.87. The van der Waals surface area contributed by atoms with Crippen LogP contribution in [0.1, 0.15) is 10.4 Å². The molecule has 0 saturated heterocycles. The summed E-state index contributed by atoms with van der Waals surface area (Å²) < 4.78 is 0. The second-order valence-electron chi connectivity index (χ2n) is 3.30. The van der Waals surface area contributed by atoms with Crippen LogP contribution in [0.4, 0.5) is 0 Å². The third-order valence-corrected chi connectivity index (χ3v) is 2.28. The van der Waals surface area contributed by atoms with Crippen LogP contribution in [0.5, 0.6) is 0 Å². The molecule has 0 atom stereocenters. The van der Waals surface area contributed by atoms with Crippen molar-refractivity contribution in [3.05, 3.63) is 24.0 Å². The highest BCUT2D eigenvalue weighted by atomic mass is 16.4. The van der Waals surface area contributed by atoms with Crippen LogP contribution in [0.3, 0.4) is 0 Å². The molecule has 0 fully saturated rings. The molecule has 0 radical (unpaired) electrons. The molecule has 0 aliphatic heterocycles. The summed E-state index contributed by atoms with van der Waals surface area (Å²) in [5, 5.41) is 19.0. The maximum Gasteiger partial charge on any atom is 0.338 e. The molecule has 0 spiro atoms. The number of fused-ring (bicyclic) bond motifs is 1. The van der Waals surface area contributed by atoms with Gasteiger partial charge in [0.2, 0.25) is 0 Å². The predicted octanol–water partition coefficient (Wildman–Crippen LogP) is 0.441. The number of aromatic amines is 2. The zero-order valence-electron chi connectivity index (χ0n) is 8.38. The summed E-state index contributed by atoms with van der Waals surface area (Å²) in [5.74, 6) is -0.609. The molecule has 17 heavy (non-hydrogen) atoms. The quantitative estimate of drug-likeness (QED) is 0.587. The highest BCUT2D eigenvalue weighted by Gasteiger charge is 2.14. The number of hydrogen-bond donors (Lipinski definition) is 3. The average Bonchev–Trinajstić information content (AvgIpc) is 2.96. The smallest absolute Gasteiger partial charge is 0.338 e. The van der Waals surface area contributed by atoms with Crippen LogP contribution in [-0.4, -0.2) is 41.4 Å². The van der Waals surface area contributed by atoms with Gasteiger partial charge in [-0.15, -0.1) is 0 Å². The van der Waals surface area contributed by atoms with Gasteiger partial charge in [0.25, 0.3) is 0 Å². The summed E-state index contributed by atoms with van der Waals surface area (Å²) in [6.45, 7) is 0. The number of aromatic carboxylic acids is 1. The molecule has 8 nitrogen and oxygen atoms in total. The minimum Gasteiger partial charge on any atom is -0.478 e. The number of carboxylic acid groups (broad SMARTS) is 1. The molecule has 0 aromatic carbocycles. The summed E-state index contributed by atoms with van der Waals surface area (Å²) in [7, 11) is 0. The van der Waals surface area contributed by atoms with Crippen molar-refractivity contribution in [1.82, 2.24) is 30.4 Å². The van der Waals surface area contributed by atoms with Gasteiger partial charge in [-0.3, -0.25) is 0 Å². The first kappa shape index (κ1) is 9.46. The van der Waals surface area contributed by atoms with Crippen LogP contribution < -0.4 is 0 Å². The molecule has 0 bridgehead atoms. The Balaban J connectivity index is 2.26. The van der Waals surface area contributed by atoms with E-state index in [9.17, 15) is 4.79 Å². The number of rotatable bonds is 2.